The van der Waals surface area contributed by atoms with Gasteiger partial charge in [0.05, 0.1) is 6.61 Å². The topological polar surface area (TPSA) is 72.5 Å². The Morgan fingerprint density at radius 1 is 1.62 bits per heavy atom. The van der Waals surface area contributed by atoms with Gasteiger partial charge in [-0.15, -0.1) is 0 Å². The van der Waals surface area contributed by atoms with Crippen LogP contribution in [0.3, 0.4) is 0 Å². The van der Waals surface area contributed by atoms with Gasteiger partial charge in [0.2, 0.25) is 0 Å². The zero-order chi connectivity index (χ0) is 10.5. The van der Waals surface area contributed by atoms with E-state index >= 15 is 0 Å². The largest absolute Gasteiger partial charge is 0.459 e. The summed E-state index contributed by atoms with van der Waals surface area (Å²) in [6.45, 7) is 5.19. The van der Waals surface area contributed by atoms with Crippen molar-refractivity contribution in [3.05, 3.63) is 12.2 Å². The number of aliphatic hydroxyl groups is 1. The fourth-order valence-electron chi connectivity index (χ4n) is 0.656. The van der Waals surface area contributed by atoms with E-state index in [9.17, 15) is 4.79 Å². The van der Waals surface area contributed by atoms with Crippen molar-refractivity contribution in [2.45, 2.75) is 32.4 Å². The average molecular weight is 187 g/mol. The van der Waals surface area contributed by atoms with Crippen molar-refractivity contribution < 1.29 is 14.6 Å². The zero-order valence-corrected chi connectivity index (χ0v) is 8.28. The summed E-state index contributed by atoms with van der Waals surface area (Å²) in [5, 5.41) is 8.44. The lowest BCUT2D eigenvalue weighted by molar-refractivity contribution is -0.155. The van der Waals surface area contributed by atoms with Crippen molar-refractivity contribution in [1.29, 1.82) is 0 Å². The molecule has 0 saturated carbocycles. The van der Waals surface area contributed by atoms with E-state index in [0.29, 0.717) is 0 Å². The van der Waals surface area contributed by atoms with Crippen LogP contribution in [0.4, 0.5) is 0 Å². The van der Waals surface area contributed by atoms with Crippen LogP contribution in [-0.4, -0.2) is 29.3 Å². The molecule has 0 radical (unpaired) electrons. The molecule has 76 valence electrons. The molecule has 13 heavy (non-hydrogen) atoms. The van der Waals surface area contributed by atoms with Crippen molar-refractivity contribution in [2.75, 3.05) is 6.61 Å². The molecule has 0 bridgehead atoms. The Hall–Kier alpha value is -0.870. The van der Waals surface area contributed by atoms with Crippen LogP contribution in [0.1, 0.15) is 20.8 Å². The lowest BCUT2D eigenvalue weighted by atomic mass is 10.2. The first kappa shape index (κ1) is 12.1. The molecule has 1 unspecified atom stereocenters. The van der Waals surface area contributed by atoms with Crippen molar-refractivity contribution in [3.8, 4) is 0 Å². The second kappa shape index (κ2) is 4.99. The average Bonchev–Trinajstić information content (AvgIpc) is 1.96. The number of carbonyl (C=O) groups is 1. The van der Waals surface area contributed by atoms with Gasteiger partial charge < -0.3 is 15.6 Å². The summed E-state index contributed by atoms with van der Waals surface area (Å²) in [6.07, 6.45) is 2.82. The molecule has 0 saturated heterocycles. The first-order valence-corrected chi connectivity index (χ1v) is 4.13. The highest BCUT2D eigenvalue weighted by molar-refractivity contribution is 5.78. The van der Waals surface area contributed by atoms with Gasteiger partial charge in [0, 0.05) is 0 Å². The third kappa shape index (κ3) is 6.31. The van der Waals surface area contributed by atoms with Crippen LogP contribution in [0.15, 0.2) is 12.2 Å². The summed E-state index contributed by atoms with van der Waals surface area (Å²) >= 11 is 0. The minimum atomic E-state index is -0.800. The number of ether oxygens (including phenoxy) is 1. The third-order valence-electron chi connectivity index (χ3n) is 1.13. The first-order chi connectivity index (χ1) is 5.87. The highest BCUT2D eigenvalue weighted by Crippen LogP contribution is 2.07. The van der Waals surface area contributed by atoms with Crippen LogP contribution in [-0.2, 0) is 9.53 Å². The third-order valence-corrected chi connectivity index (χ3v) is 1.13. The van der Waals surface area contributed by atoms with Gasteiger partial charge in [-0.2, -0.15) is 0 Å². The highest BCUT2D eigenvalue weighted by atomic mass is 16.6. The summed E-state index contributed by atoms with van der Waals surface area (Å²) in [5.74, 6) is -0.489. The van der Waals surface area contributed by atoms with Crippen LogP contribution >= 0.6 is 0 Å². The number of hydrogen-bond acceptors (Lipinski definition) is 4. The number of rotatable bonds is 3. The summed E-state index contributed by atoms with van der Waals surface area (Å²) in [6, 6.07) is -0.800. The van der Waals surface area contributed by atoms with Gasteiger partial charge in [-0.25, -0.2) is 4.79 Å². The summed E-state index contributed by atoms with van der Waals surface area (Å²) in [4.78, 5) is 11.2. The Bertz CT molecular complexity index is 194. The van der Waals surface area contributed by atoms with Crippen molar-refractivity contribution in [1.82, 2.24) is 0 Å². The standard InChI is InChI=1S/C9H17NO3/c1-9(2,3)13-8(12)7(10)5-4-6-11/h4-5,7,11H,6,10H2,1-3H3/b5-4-. The Morgan fingerprint density at radius 3 is 2.54 bits per heavy atom. The number of aliphatic hydroxyl groups excluding tert-OH is 1. The molecule has 3 N–H and O–H groups in total. The van der Waals surface area contributed by atoms with E-state index in [0.717, 1.165) is 0 Å². The highest BCUT2D eigenvalue weighted by Gasteiger charge is 2.19. The van der Waals surface area contributed by atoms with E-state index in [-0.39, 0.29) is 6.61 Å². The summed E-state index contributed by atoms with van der Waals surface area (Å²) < 4.78 is 5.00. The predicted octanol–water partition coefficient (Wildman–Crippen LogP) is 0.204. The van der Waals surface area contributed by atoms with Gasteiger partial charge in [0.1, 0.15) is 11.6 Å². The molecule has 0 heterocycles. The smallest absolute Gasteiger partial charge is 0.327 e. The molecule has 4 heteroatoms. The van der Waals surface area contributed by atoms with E-state index < -0.39 is 17.6 Å². The molecule has 0 aromatic rings. The second-order valence-electron chi connectivity index (χ2n) is 3.67. The molecule has 0 fully saturated rings. The Labute approximate surface area is 78.4 Å². The van der Waals surface area contributed by atoms with Gasteiger partial charge in [0.25, 0.3) is 0 Å². The maximum Gasteiger partial charge on any atom is 0.327 e. The van der Waals surface area contributed by atoms with Crippen molar-refractivity contribution in [2.24, 2.45) is 5.73 Å². The molecule has 0 amide bonds. The first-order valence-electron chi connectivity index (χ1n) is 4.13. The fourth-order valence-corrected chi connectivity index (χ4v) is 0.656. The molecular formula is C9H17NO3. The maximum absolute atomic E-state index is 11.2. The summed E-state index contributed by atoms with van der Waals surface area (Å²) in [5.41, 5.74) is 4.91. The quantitative estimate of drug-likeness (QED) is 0.489. The molecule has 0 aromatic heterocycles. The molecule has 0 spiro atoms. The van der Waals surface area contributed by atoms with Gasteiger partial charge in [-0.05, 0) is 20.8 Å². The van der Waals surface area contributed by atoms with E-state index in [1.165, 1.54) is 12.2 Å². The zero-order valence-electron chi connectivity index (χ0n) is 8.28. The summed E-state index contributed by atoms with van der Waals surface area (Å²) in [7, 11) is 0. The molecule has 1 atom stereocenters. The normalized spacial score (nSPS) is 14.5. The molecular weight excluding hydrogens is 170 g/mol. The molecule has 0 aliphatic rings. The van der Waals surface area contributed by atoms with Crippen LogP contribution < -0.4 is 5.73 Å². The van der Waals surface area contributed by atoms with Crippen molar-refractivity contribution >= 4 is 5.97 Å². The van der Waals surface area contributed by atoms with Crippen LogP contribution in [0.5, 0.6) is 0 Å². The number of esters is 1. The number of carbonyl (C=O) groups excluding carboxylic acids is 1. The number of nitrogens with two attached hydrogens (primary N) is 1. The predicted molar refractivity (Wildman–Crippen MR) is 50.0 cm³/mol. The van der Waals surface area contributed by atoms with Gasteiger partial charge in [-0.3, -0.25) is 0 Å². The number of hydrogen-bond donors (Lipinski definition) is 2. The van der Waals surface area contributed by atoms with Gasteiger partial charge in [0.15, 0.2) is 0 Å². The lowest BCUT2D eigenvalue weighted by Gasteiger charge is -2.20. The van der Waals surface area contributed by atoms with E-state index in [2.05, 4.69) is 0 Å². The Balaban J connectivity index is 4.04. The minimum Gasteiger partial charge on any atom is -0.459 e. The van der Waals surface area contributed by atoms with E-state index in [4.69, 9.17) is 15.6 Å². The SMILES string of the molecule is CC(C)(C)OC(=O)C(N)/C=C\CO. The molecule has 0 rings (SSSR count). The monoisotopic (exact) mass is 187 g/mol. The van der Waals surface area contributed by atoms with Gasteiger partial charge in [-0.1, -0.05) is 12.2 Å². The van der Waals surface area contributed by atoms with Crippen LogP contribution in [0.2, 0.25) is 0 Å². The van der Waals surface area contributed by atoms with Gasteiger partial charge >= 0.3 is 5.97 Å². The molecule has 0 aromatic carbocycles. The Morgan fingerprint density at radius 2 is 2.15 bits per heavy atom. The fraction of sp³-hybridized carbons (Fsp3) is 0.667. The Kier molecular flexibility index (Phi) is 4.66. The van der Waals surface area contributed by atoms with Crippen LogP contribution in [0.25, 0.3) is 0 Å². The van der Waals surface area contributed by atoms with E-state index in [1.807, 2.05) is 0 Å². The molecule has 0 aliphatic heterocycles. The maximum atomic E-state index is 11.2. The van der Waals surface area contributed by atoms with E-state index in [1.54, 1.807) is 20.8 Å². The van der Waals surface area contributed by atoms with Crippen LogP contribution in [0, 0.1) is 0 Å². The molecule has 0 aliphatic carbocycles. The second-order valence-corrected chi connectivity index (χ2v) is 3.67. The molecule has 4 nitrogen and oxygen atoms in total. The lowest BCUT2D eigenvalue weighted by Crippen LogP contribution is -2.36. The van der Waals surface area contributed by atoms with Crippen molar-refractivity contribution in [3.63, 3.8) is 0 Å². The minimum absolute atomic E-state index is 0.128.